The van der Waals surface area contributed by atoms with Gasteiger partial charge in [0.2, 0.25) is 0 Å². The van der Waals surface area contributed by atoms with Gasteiger partial charge >= 0.3 is 6.18 Å². The molecule has 0 bridgehead atoms. The molecule has 0 aliphatic rings. The molecule has 1 heterocycles. The maximum atomic E-state index is 12.7. The van der Waals surface area contributed by atoms with Crippen LogP contribution in [0.3, 0.4) is 0 Å². The van der Waals surface area contributed by atoms with E-state index in [0.717, 1.165) is 4.68 Å². The topological polar surface area (TPSA) is 84.0 Å². The van der Waals surface area contributed by atoms with Crippen LogP contribution in [-0.2, 0) is 23.0 Å². The van der Waals surface area contributed by atoms with Gasteiger partial charge in [-0.3, -0.25) is 4.21 Å². The van der Waals surface area contributed by atoms with Crippen molar-refractivity contribution in [3.63, 3.8) is 0 Å². The summed E-state index contributed by atoms with van der Waals surface area (Å²) in [5.74, 6) is -0.456. The fourth-order valence-corrected chi connectivity index (χ4v) is 3.90. The normalized spacial score (nSPS) is 13.3. The van der Waals surface area contributed by atoms with Crippen molar-refractivity contribution in [3.8, 4) is 5.69 Å². The summed E-state index contributed by atoms with van der Waals surface area (Å²) in [7, 11) is 0. The first-order chi connectivity index (χ1) is 10.5. The van der Waals surface area contributed by atoms with Gasteiger partial charge in [0.15, 0.2) is 0 Å². The average molecular weight is 499 g/mol. The molecule has 0 saturated carbocycles. The molecule has 126 valence electrons. The lowest BCUT2D eigenvalue weighted by molar-refractivity contribution is -0.137. The van der Waals surface area contributed by atoms with Crippen LogP contribution in [0.25, 0.3) is 5.69 Å². The number of anilines is 1. The molecule has 2 N–H and O–H groups in total. The molecule has 5 nitrogen and oxygen atoms in total. The molecular weight excluding hydrogens is 493 g/mol. The highest BCUT2D eigenvalue weighted by atomic mass is 127. The Morgan fingerprint density at radius 2 is 1.87 bits per heavy atom. The van der Waals surface area contributed by atoms with Gasteiger partial charge in [-0.15, -0.1) is 0 Å². The molecule has 0 saturated heterocycles. The van der Waals surface area contributed by atoms with Gasteiger partial charge in [0, 0.05) is 11.3 Å². The fraction of sp³-hybridized carbons (Fsp3) is 0.182. The van der Waals surface area contributed by atoms with E-state index in [0.29, 0.717) is 12.1 Å². The van der Waals surface area contributed by atoms with Crippen molar-refractivity contribution in [2.45, 2.75) is 11.9 Å². The monoisotopic (exact) mass is 498 g/mol. The second-order valence-electron chi connectivity index (χ2n) is 4.30. The molecule has 2 rings (SSSR count). The van der Waals surface area contributed by atoms with Crippen molar-refractivity contribution in [2.24, 2.45) is 0 Å². The Morgan fingerprint density at radius 1 is 1.35 bits per heavy atom. The van der Waals surface area contributed by atoms with Crippen LogP contribution in [0, 0.1) is 3.70 Å². The number of nitrogen functional groups attached to an aromatic ring is 1. The van der Waals surface area contributed by atoms with Crippen molar-refractivity contribution in [1.82, 2.24) is 9.78 Å². The Morgan fingerprint density at radius 3 is 2.30 bits per heavy atom. The van der Waals surface area contributed by atoms with Gasteiger partial charge in [0.1, 0.15) is 15.2 Å². The van der Waals surface area contributed by atoms with E-state index in [1.807, 2.05) is 0 Å². The molecule has 2 aromatic rings. The first kappa shape index (κ1) is 18.8. The van der Waals surface area contributed by atoms with Crippen LogP contribution >= 0.6 is 45.8 Å². The van der Waals surface area contributed by atoms with Gasteiger partial charge < -0.3 is 10.3 Å². The van der Waals surface area contributed by atoms with Crippen LogP contribution in [0.5, 0.6) is 0 Å². The summed E-state index contributed by atoms with van der Waals surface area (Å²) in [6, 6.07) is 1.39. The van der Waals surface area contributed by atoms with Crippen molar-refractivity contribution in [2.75, 3.05) is 5.73 Å². The smallest absolute Gasteiger partial charge is 0.416 e. The maximum absolute atomic E-state index is 12.7. The van der Waals surface area contributed by atoms with Crippen molar-refractivity contribution in [1.29, 1.82) is 0 Å². The van der Waals surface area contributed by atoms with E-state index in [1.54, 1.807) is 22.6 Å². The summed E-state index contributed by atoms with van der Waals surface area (Å²) < 4.78 is 61.2. The van der Waals surface area contributed by atoms with Crippen LogP contribution in [0.4, 0.5) is 19.0 Å². The molecule has 12 heteroatoms. The lowest BCUT2D eigenvalue weighted by Gasteiger charge is -2.13. The minimum Gasteiger partial charge on any atom is -0.772 e. The molecule has 0 radical (unpaired) electrons. The molecule has 0 amide bonds. The third kappa shape index (κ3) is 3.92. The Hall–Kier alpha value is -0.560. The number of benzene rings is 1. The second kappa shape index (κ2) is 6.75. The largest absolute Gasteiger partial charge is 0.772 e. The van der Waals surface area contributed by atoms with E-state index in [1.165, 1.54) is 0 Å². The van der Waals surface area contributed by atoms with Crippen LogP contribution < -0.4 is 5.73 Å². The number of alkyl halides is 3. The van der Waals surface area contributed by atoms with Crippen LogP contribution in [-0.4, -0.2) is 18.5 Å². The first-order valence-electron chi connectivity index (χ1n) is 5.67. The Kier molecular flexibility index (Phi) is 5.51. The Labute approximate surface area is 154 Å². The van der Waals surface area contributed by atoms with Crippen molar-refractivity contribution >= 4 is 62.7 Å². The molecule has 0 spiro atoms. The highest BCUT2D eigenvalue weighted by molar-refractivity contribution is 14.1. The summed E-state index contributed by atoms with van der Waals surface area (Å²) >= 11 is 11.1. The molecule has 0 aliphatic heterocycles. The number of hydrogen-bond acceptors (Lipinski definition) is 4. The molecule has 1 atom stereocenters. The van der Waals surface area contributed by atoms with Crippen LogP contribution in [0.15, 0.2) is 12.1 Å². The zero-order valence-electron chi connectivity index (χ0n) is 10.8. The fourth-order valence-electron chi connectivity index (χ4n) is 1.79. The molecule has 0 aliphatic carbocycles. The second-order valence-corrected chi connectivity index (χ2v) is 7.03. The van der Waals surface area contributed by atoms with Crippen molar-refractivity contribution in [3.05, 3.63) is 37.0 Å². The third-order valence-electron chi connectivity index (χ3n) is 2.79. The van der Waals surface area contributed by atoms with E-state index >= 15 is 0 Å². The molecule has 1 unspecified atom stereocenters. The zero-order chi connectivity index (χ0) is 17.5. The van der Waals surface area contributed by atoms with Crippen molar-refractivity contribution < 1.29 is 21.9 Å². The zero-order valence-corrected chi connectivity index (χ0v) is 15.3. The Bertz CT molecular complexity index is 775. The number of rotatable bonds is 3. The molecular formula is C11H6Cl2F3IN3O2S-. The third-order valence-corrected chi connectivity index (χ3v) is 4.76. The molecule has 1 aromatic carbocycles. The van der Waals surface area contributed by atoms with Gasteiger partial charge in [-0.25, -0.2) is 4.68 Å². The van der Waals surface area contributed by atoms with Crippen LogP contribution in [0.2, 0.25) is 10.0 Å². The highest BCUT2D eigenvalue weighted by Gasteiger charge is 2.32. The van der Waals surface area contributed by atoms with Gasteiger partial charge in [-0.2, -0.15) is 18.3 Å². The molecule has 23 heavy (non-hydrogen) atoms. The first-order valence-corrected chi connectivity index (χ1v) is 8.75. The predicted octanol–water partition coefficient (Wildman–Crippen LogP) is 3.76. The van der Waals surface area contributed by atoms with Gasteiger partial charge in [0.05, 0.1) is 15.6 Å². The van der Waals surface area contributed by atoms with Crippen LogP contribution in [0.1, 0.15) is 11.1 Å². The van der Waals surface area contributed by atoms with Gasteiger partial charge in [0.25, 0.3) is 0 Å². The summed E-state index contributed by atoms with van der Waals surface area (Å²) in [6.45, 7) is 0. The van der Waals surface area contributed by atoms with E-state index < -0.39 is 22.8 Å². The summed E-state index contributed by atoms with van der Waals surface area (Å²) in [5.41, 5.74) is 4.97. The van der Waals surface area contributed by atoms with E-state index in [9.17, 15) is 21.9 Å². The average Bonchev–Trinajstić information content (AvgIpc) is 2.64. The van der Waals surface area contributed by atoms with E-state index in [2.05, 4.69) is 5.10 Å². The number of nitrogens with two attached hydrogens (primary N) is 1. The SMILES string of the molecule is Nc1c(CS(=O)[O-])c(I)nn1-c1c(Cl)cc(C(F)(F)F)cc1Cl. The predicted molar refractivity (Wildman–Crippen MR) is 88.3 cm³/mol. The molecule has 1 aromatic heterocycles. The highest BCUT2D eigenvalue weighted by Crippen LogP contribution is 2.38. The summed E-state index contributed by atoms with van der Waals surface area (Å²) in [6.07, 6.45) is -4.61. The maximum Gasteiger partial charge on any atom is 0.416 e. The summed E-state index contributed by atoms with van der Waals surface area (Å²) in [4.78, 5) is 0. The number of nitrogens with zero attached hydrogens (tertiary/aromatic N) is 2. The lowest BCUT2D eigenvalue weighted by Crippen LogP contribution is -2.09. The lowest BCUT2D eigenvalue weighted by atomic mass is 10.2. The van der Waals surface area contributed by atoms with Gasteiger partial charge in [-0.05, 0) is 34.7 Å². The number of aromatic nitrogens is 2. The van der Waals surface area contributed by atoms with Gasteiger partial charge in [-0.1, -0.05) is 34.3 Å². The quantitative estimate of drug-likeness (QED) is 0.516. The van der Waals surface area contributed by atoms with E-state index in [4.69, 9.17) is 28.9 Å². The number of halogens is 6. The Balaban J connectivity index is 2.62. The standard InChI is InChI=1S/C11H7Cl2F3IN3O2S/c12-6-1-4(11(14,15)16)2-7(13)8(6)20-10(18)5(3-23(21)22)9(17)19-20/h1-2H,3,18H2,(H,21,22)/p-1. The van der Waals surface area contributed by atoms with E-state index in [-0.39, 0.29) is 36.6 Å². The minimum atomic E-state index is -4.61. The molecule has 0 fully saturated rings. The number of hydrogen-bond donors (Lipinski definition) is 1. The minimum absolute atomic E-state index is 0.0559. The summed E-state index contributed by atoms with van der Waals surface area (Å²) in [5, 5.41) is 3.37.